The minimum absolute atomic E-state index is 0.103. The summed E-state index contributed by atoms with van der Waals surface area (Å²) in [7, 11) is 0. The summed E-state index contributed by atoms with van der Waals surface area (Å²) in [6.07, 6.45) is 0.448. The number of rotatable bonds is 1. The molecule has 0 aromatic carbocycles. The van der Waals surface area contributed by atoms with Gasteiger partial charge in [0.2, 0.25) is 0 Å². The van der Waals surface area contributed by atoms with E-state index in [1.165, 1.54) is 4.90 Å². The van der Waals surface area contributed by atoms with E-state index in [2.05, 4.69) is 15.5 Å². The Hall–Kier alpha value is -1.50. The molecular formula is C11H14F2N4O. The molecule has 3 heterocycles. The lowest BCUT2D eigenvalue weighted by molar-refractivity contribution is 0.0119. The van der Waals surface area contributed by atoms with Gasteiger partial charge in [0, 0.05) is 25.1 Å². The smallest absolute Gasteiger partial charge is 0.274 e. The molecule has 1 amide bonds. The van der Waals surface area contributed by atoms with E-state index >= 15 is 0 Å². The minimum atomic E-state index is -2.76. The van der Waals surface area contributed by atoms with E-state index in [0.717, 1.165) is 17.8 Å². The number of aromatic amines is 1. The lowest BCUT2D eigenvalue weighted by Gasteiger charge is -2.17. The van der Waals surface area contributed by atoms with Crippen LogP contribution in [0.25, 0.3) is 0 Å². The summed E-state index contributed by atoms with van der Waals surface area (Å²) in [5.41, 5.74) is 2.06. The van der Waals surface area contributed by atoms with Gasteiger partial charge in [-0.2, -0.15) is 5.10 Å². The Morgan fingerprint density at radius 1 is 1.44 bits per heavy atom. The number of halogens is 2. The van der Waals surface area contributed by atoms with Crippen molar-refractivity contribution >= 4 is 5.91 Å². The standard InChI is InChI=1S/C11H14F2N4O/c12-11(13)2-4-17(6-11)10(18)9-7-1-3-14-5-8(7)15-16-9/h14H,1-6H2,(H,15,16). The average molecular weight is 256 g/mol. The number of hydrogen-bond acceptors (Lipinski definition) is 3. The summed E-state index contributed by atoms with van der Waals surface area (Å²) in [4.78, 5) is 13.4. The van der Waals surface area contributed by atoms with Crippen LogP contribution >= 0.6 is 0 Å². The number of amides is 1. The van der Waals surface area contributed by atoms with Gasteiger partial charge in [0.05, 0.1) is 12.2 Å². The molecule has 0 bridgehead atoms. The van der Waals surface area contributed by atoms with Crippen LogP contribution in [-0.4, -0.2) is 46.6 Å². The highest BCUT2D eigenvalue weighted by Gasteiger charge is 2.41. The zero-order chi connectivity index (χ0) is 12.8. The number of fused-ring (bicyclic) bond motifs is 1. The maximum atomic E-state index is 13.1. The van der Waals surface area contributed by atoms with Gasteiger partial charge in [0.25, 0.3) is 11.8 Å². The first-order valence-electron chi connectivity index (χ1n) is 6.01. The SMILES string of the molecule is O=C(c1n[nH]c2c1CCNC2)N1CCC(F)(F)C1. The molecule has 0 atom stereocenters. The van der Waals surface area contributed by atoms with Gasteiger partial charge in [-0.15, -0.1) is 0 Å². The van der Waals surface area contributed by atoms with E-state index in [1.807, 2.05) is 0 Å². The third-order valence-electron chi connectivity index (χ3n) is 3.47. The number of nitrogens with one attached hydrogen (secondary N) is 2. The van der Waals surface area contributed by atoms with Crippen molar-refractivity contribution in [2.24, 2.45) is 0 Å². The van der Waals surface area contributed by atoms with Crippen molar-refractivity contribution in [3.8, 4) is 0 Å². The van der Waals surface area contributed by atoms with Crippen LogP contribution < -0.4 is 5.32 Å². The molecule has 3 rings (SSSR count). The van der Waals surface area contributed by atoms with Gasteiger partial charge in [-0.3, -0.25) is 9.89 Å². The average Bonchev–Trinajstić information content (AvgIpc) is 2.91. The largest absolute Gasteiger partial charge is 0.331 e. The highest BCUT2D eigenvalue weighted by molar-refractivity contribution is 5.94. The van der Waals surface area contributed by atoms with Gasteiger partial charge in [0.1, 0.15) is 0 Å². The first-order valence-corrected chi connectivity index (χ1v) is 6.01. The van der Waals surface area contributed by atoms with E-state index in [1.54, 1.807) is 0 Å². The molecule has 0 radical (unpaired) electrons. The Morgan fingerprint density at radius 3 is 3.00 bits per heavy atom. The Bertz CT molecular complexity index is 485. The topological polar surface area (TPSA) is 61.0 Å². The lowest BCUT2D eigenvalue weighted by Crippen LogP contribution is -2.33. The van der Waals surface area contributed by atoms with Gasteiger partial charge in [-0.25, -0.2) is 8.78 Å². The molecule has 98 valence electrons. The first kappa shape index (κ1) is 11.6. The van der Waals surface area contributed by atoms with Crippen molar-refractivity contribution in [3.05, 3.63) is 17.0 Å². The second-order valence-electron chi connectivity index (χ2n) is 4.79. The van der Waals surface area contributed by atoms with Crippen LogP contribution in [0.15, 0.2) is 0 Å². The van der Waals surface area contributed by atoms with E-state index in [-0.39, 0.29) is 18.9 Å². The molecule has 1 aromatic rings. The van der Waals surface area contributed by atoms with E-state index in [0.29, 0.717) is 18.7 Å². The Morgan fingerprint density at radius 2 is 2.28 bits per heavy atom. The number of hydrogen-bond donors (Lipinski definition) is 2. The van der Waals surface area contributed by atoms with Gasteiger partial charge in [-0.05, 0) is 13.0 Å². The van der Waals surface area contributed by atoms with Crippen LogP contribution in [-0.2, 0) is 13.0 Å². The maximum absolute atomic E-state index is 13.1. The molecular weight excluding hydrogens is 242 g/mol. The Labute approximate surface area is 103 Å². The molecule has 0 saturated carbocycles. The number of carbonyl (C=O) groups excluding carboxylic acids is 1. The summed E-state index contributed by atoms with van der Waals surface area (Å²) < 4.78 is 26.2. The van der Waals surface area contributed by atoms with Gasteiger partial charge in [-0.1, -0.05) is 0 Å². The van der Waals surface area contributed by atoms with Crippen molar-refractivity contribution in [2.75, 3.05) is 19.6 Å². The molecule has 2 aliphatic rings. The van der Waals surface area contributed by atoms with Crippen LogP contribution in [0.4, 0.5) is 8.78 Å². The summed E-state index contributed by atoms with van der Waals surface area (Å²) in [5, 5.41) is 9.95. The van der Waals surface area contributed by atoms with Crippen LogP contribution in [0.5, 0.6) is 0 Å². The second kappa shape index (κ2) is 4.01. The molecule has 2 aliphatic heterocycles. The number of nitrogens with zero attached hydrogens (tertiary/aromatic N) is 2. The second-order valence-corrected chi connectivity index (χ2v) is 4.79. The molecule has 7 heteroatoms. The normalized spacial score (nSPS) is 22.0. The van der Waals surface area contributed by atoms with Gasteiger partial charge in [0.15, 0.2) is 5.69 Å². The van der Waals surface area contributed by atoms with Crippen molar-refractivity contribution in [3.63, 3.8) is 0 Å². The van der Waals surface area contributed by atoms with Crippen molar-refractivity contribution < 1.29 is 13.6 Å². The molecule has 0 aliphatic carbocycles. The monoisotopic (exact) mass is 256 g/mol. The predicted octanol–water partition coefficient (Wildman–Crippen LogP) is 0.537. The summed E-state index contributed by atoms with van der Waals surface area (Å²) in [6, 6.07) is 0. The highest BCUT2D eigenvalue weighted by Crippen LogP contribution is 2.28. The van der Waals surface area contributed by atoms with E-state index in [9.17, 15) is 13.6 Å². The fraction of sp³-hybridized carbons (Fsp3) is 0.636. The minimum Gasteiger partial charge on any atom is -0.331 e. The fourth-order valence-corrected chi connectivity index (χ4v) is 2.48. The highest BCUT2D eigenvalue weighted by atomic mass is 19.3. The van der Waals surface area contributed by atoms with Crippen LogP contribution in [0.1, 0.15) is 28.2 Å². The fourth-order valence-electron chi connectivity index (χ4n) is 2.48. The van der Waals surface area contributed by atoms with Crippen molar-refractivity contribution in [2.45, 2.75) is 25.3 Å². The van der Waals surface area contributed by atoms with Crippen LogP contribution in [0.2, 0.25) is 0 Å². The van der Waals surface area contributed by atoms with Gasteiger partial charge < -0.3 is 10.2 Å². The maximum Gasteiger partial charge on any atom is 0.274 e. The quantitative estimate of drug-likeness (QED) is 0.771. The van der Waals surface area contributed by atoms with Crippen LogP contribution in [0, 0.1) is 0 Å². The Kier molecular flexibility index (Phi) is 2.58. The third-order valence-corrected chi connectivity index (χ3v) is 3.47. The summed E-state index contributed by atoms with van der Waals surface area (Å²) in [6.45, 7) is 1.03. The third kappa shape index (κ3) is 1.88. The molecule has 0 spiro atoms. The molecule has 1 aromatic heterocycles. The number of aromatic nitrogens is 2. The predicted molar refractivity (Wildman–Crippen MR) is 59.5 cm³/mol. The first-order chi connectivity index (χ1) is 8.57. The molecule has 1 saturated heterocycles. The number of alkyl halides is 2. The molecule has 1 fully saturated rings. The van der Waals surface area contributed by atoms with Crippen LogP contribution in [0.3, 0.4) is 0 Å². The molecule has 5 nitrogen and oxygen atoms in total. The molecule has 0 unspecified atom stereocenters. The van der Waals surface area contributed by atoms with E-state index < -0.39 is 12.5 Å². The number of likely N-dealkylation sites (tertiary alicyclic amines) is 1. The summed E-state index contributed by atoms with van der Waals surface area (Å²) >= 11 is 0. The van der Waals surface area contributed by atoms with E-state index in [4.69, 9.17) is 0 Å². The zero-order valence-corrected chi connectivity index (χ0v) is 9.80. The summed E-state index contributed by atoms with van der Waals surface area (Å²) in [5.74, 6) is -3.14. The van der Waals surface area contributed by atoms with Gasteiger partial charge >= 0.3 is 0 Å². The zero-order valence-electron chi connectivity index (χ0n) is 9.80. The number of carbonyl (C=O) groups is 1. The number of H-pyrrole nitrogens is 1. The lowest BCUT2D eigenvalue weighted by atomic mass is 10.1. The van der Waals surface area contributed by atoms with Crippen molar-refractivity contribution in [1.82, 2.24) is 20.4 Å². The molecule has 2 N–H and O–H groups in total. The Balaban J connectivity index is 1.83. The van der Waals surface area contributed by atoms with Crippen molar-refractivity contribution in [1.29, 1.82) is 0 Å². The molecule has 18 heavy (non-hydrogen) atoms.